The fourth-order valence-electron chi connectivity index (χ4n) is 4.92. The Labute approximate surface area is 254 Å². The molecule has 0 saturated carbocycles. The monoisotopic (exact) mass is 602 g/mol. The molecule has 0 spiro atoms. The lowest BCUT2D eigenvalue weighted by atomic mass is 9.95. The molecule has 1 aliphatic heterocycles. The van der Waals surface area contributed by atoms with Gasteiger partial charge in [-0.25, -0.2) is 14.1 Å². The van der Waals surface area contributed by atoms with Crippen LogP contribution in [0.25, 0.3) is 16.8 Å². The number of halogens is 2. The summed E-state index contributed by atoms with van der Waals surface area (Å²) >= 11 is 5.95. The number of hydrogen-bond acceptors (Lipinski definition) is 6. The number of carbonyl (C=O) groups is 2. The molecule has 43 heavy (non-hydrogen) atoms. The summed E-state index contributed by atoms with van der Waals surface area (Å²) in [4.78, 5) is 37.6. The number of aromatic nitrogens is 4. The zero-order valence-electron chi connectivity index (χ0n) is 24.3. The maximum atomic E-state index is 14.7. The Morgan fingerprint density at radius 1 is 1.21 bits per heavy atom. The number of hydrogen-bond donors (Lipinski definition) is 2. The number of carbonyl (C=O) groups excluding carboxylic acids is 2. The number of amides is 2. The summed E-state index contributed by atoms with van der Waals surface area (Å²) in [7, 11) is 3.77. The van der Waals surface area contributed by atoms with Gasteiger partial charge in [-0.1, -0.05) is 42.3 Å². The van der Waals surface area contributed by atoms with Gasteiger partial charge in [0.15, 0.2) is 11.5 Å². The van der Waals surface area contributed by atoms with E-state index in [1.165, 1.54) is 16.8 Å². The fraction of sp³-hybridized carbons (Fsp3) is 0.290. The highest BCUT2D eigenvalue weighted by Crippen LogP contribution is 2.34. The van der Waals surface area contributed by atoms with Crippen LogP contribution in [0.3, 0.4) is 0 Å². The predicted octanol–water partition coefficient (Wildman–Crippen LogP) is 5.88. The predicted molar refractivity (Wildman–Crippen MR) is 164 cm³/mol. The molecule has 5 rings (SSSR count). The maximum Gasteiger partial charge on any atom is 0.274 e. The van der Waals surface area contributed by atoms with Crippen LogP contribution >= 0.6 is 11.6 Å². The van der Waals surface area contributed by atoms with Crippen molar-refractivity contribution in [2.75, 3.05) is 19.4 Å². The van der Waals surface area contributed by atoms with Crippen molar-refractivity contribution in [3.8, 4) is 16.8 Å². The van der Waals surface area contributed by atoms with E-state index in [1.54, 1.807) is 25.5 Å². The highest BCUT2D eigenvalue weighted by Gasteiger charge is 2.25. The van der Waals surface area contributed by atoms with E-state index in [0.29, 0.717) is 42.0 Å². The minimum atomic E-state index is -0.653. The van der Waals surface area contributed by atoms with Gasteiger partial charge in [0.2, 0.25) is 5.91 Å². The first-order valence-corrected chi connectivity index (χ1v) is 14.3. The van der Waals surface area contributed by atoms with Crippen molar-refractivity contribution in [2.45, 2.75) is 39.2 Å². The fourth-order valence-corrected chi connectivity index (χ4v) is 5.09. The Bertz CT molecular complexity index is 1700. The molecule has 2 aromatic carbocycles. The largest absolute Gasteiger partial charge is 0.369 e. The van der Waals surface area contributed by atoms with Crippen molar-refractivity contribution in [3.63, 3.8) is 0 Å². The van der Waals surface area contributed by atoms with Gasteiger partial charge in [-0.3, -0.25) is 14.6 Å². The topological polar surface area (TPSA) is 117 Å². The third kappa shape index (κ3) is 6.56. The quantitative estimate of drug-likeness (QED) is 0.218. The normalized spacial score (nSPS) is 17.0. The number of nitrogens with zero attached hydrogens (tertiary/aromatic N) is 6. The standard InChI is InChI=1S/C31H32ClFN8O2/c1-18-7-5-9-24(36-31(43)29-19(2)41(39-38-29)27-10-6-8-23(32)28(27)33)26-15-20(13-14-34-26)22-12-11-21(35-17-40(3)4)16-25(22)37-30(18)42/h6,8,10-18,24H,5,7,9H2,1-4H3,(H,36,43)(H,37,42)/t18-,24+/m1/s1. The van der Waals surface area contributed by atoms with Gasteiger partial charge in [0, 0.05) is 31.8 Å². The number of aliphatic imine (C=N–C) groups is 1. The summed E-state index contributed by atoms with van der Waals surface area (Å²) in [6, 6.07) is 13.5. The SMILES string of the molecule is Cc1c(C(=O)N[C@H]2CCC[C@@H](C)C(=O)Nc3cc(N=CN(C)C)ccc3-c3ccnc2c3)nnn1-c1cccc(Cl)c1F. The summed E-state index contributed by atoms with van der Waals surface area (Å²) in [6.07, 6.45) is 5.19. The lowest BCUT2D eigenvalue weighted by Crippen LogP contribution is -2.30. The van der Waals surface area contributed by atoms with E-state index in [0.717, 1.165) is 11.1 Å². The minimum Gasteiger partial charge on any atom is -0.369 e. The van der Waals surface area contributed by atoms with E-state index < -0.39 is 17.8 Å². The van der Waals surface area contributed by atoms with E-state index in [9.17, 15) is 14.0 Å². The van der Waals surface area contributed by atoms with Crippen LogP contribution in [0.5, 0.6) is 0 Å². The van der Waals surface area contributed by atoms with Crippen molar-refractivity contribution in [1.29, 1.82) is 0 Å². The molecule has 0 fully saturated rings. The molecule has 10 nitrogen and oxygen atoms in total. The first-order chi connectivity index (χ1) is 20.6. The molecule has 2 N–H and O–H groups in total. The van der Waals surface area contributed by atoms with Crippen molar-refractivity contribution < 1.29 is 14.0 Å². The first-order valence-electron chi connectivity index (χ1n) is 13.9. The van der Waals surface area contributed by atoms with Gasteiger partial charge in [-0.15, -0.1) is 5.10 Å². The van der Waals surface area contributed by atoms with Crippen LogP contribution in [0, 0.1) is 18.7 Å². The number of anilines is 1. The molecule has 1 aliphatic rings. The summed E-state index contributed by atoms with van der Waals surface area (Å²) < 4.78 is 15.9. The summed E-state index contributed by atoms with van der Waals surface area (Å²) in [5.41, 5.74) is 4.16. The number of nitrogens with one attached hydrogen (secondary N) is 2. The molecule has 2 amide bonds. The molecule has 0 unspecified atom stereocenters. The van der Waals surface area contributed by atoms with Crippen LogP contribution in [0.1, 0.15) is 54.1 Å². The molecule has 12 heteroatoms. The number of pyridine rings is 1. The van der Waals surface area contributed by atoms with Gasteiger partial charge >= 0.3 is 0 Å². The lowest BCUT2D eigenvalue weighted by molar-refractivity contribution is -0.119. The minimum absolute atomic E-state index is 0.0559. The highest BCUT2D eigenvalue weighted by molar-refractivity contribution is 6.30. The third-order valence-corrected chi connectivity index (χ3v) is 7.59. The molecule has 4 aromatic rings. The average Bonchev–Trinajstić information content (AvgIpc) is 3.37. The molecule has 2 aromatic heterocycles. The summed E-state index contributed by atoms with van der Waals surface area (Å²) in [5, 5.41) is 14.2. The molecule has 0 saturated heterocycles. The Hall–Kier alpha value is -4.64. The molecular formula is C31H32ClFN8O2. The van der Waals surface area contributed by atoms with Crippen LogP contribution in [-0.4, -0.2) is 57.1 Å². The zero-order valence-corrected chi connectivity index (χ0v) is 25.1. The second-order valence-corrected chi connectivity index (χ2v) is 11.2. The molecule has 2 bridgehead atoms. The Morgan fingerprint density at radius 2 is 2.02 bits per heavy atom. The lowest BCUT2D eigenvalue weighted by Gasteiger charge is -2.22. The van der Waals surface area contributed by atoms with Gasteiger partial charge in [-0.05, 0) is 61.7 Å². The smallest absolute Gasteiger partial charge is 0.274 e. The van der Waals surface area contributed by atoms with Gasteiger partial charge in [0.25, 0.3) is 5.91 Å². The van der Waals surface area contributed by atoms with Gasteiger partial charge in [-0.2, -0.15) is 0 Å². The van der Waals surface area contributed by atoms with Crippen molar-refractivity contribution in [3.05, 3.63) is 82.6 Å². The van der Waals surface area contributed by atoms with Crippen molar-refractivity contribution in [2.24, 2.45) is 10.9 Å². The Balaban J connectivity index is 1.48. The molecule has 2 atom stereocenters. The molecule has 3 heterocycles. The van der Waals surface area contributed by atoms with Crippen molar-refractivity contribution in [1.82, 2.24) is 30.2 Å². The van der Waals surface area contributed by atoms with Crippen LogP contribution in [-0.2, 0) is 4.79 Å². The second kappa shape index (κ2) is 12.7. The average molecular weight is 603 g/mol. The maximum absolute atomic E-state index is 14.7. The van der Waals surface area contributed by atoms with Crippen LogP contribution in [0.4, 0.5) is 15.8 Å². The van der Waals surface area contributed by atoms with E-state index in [2.05, 4.69) is 30.9 Å². The zero-order chi connectivity index (χ0) is 30.7. The van der Waals surface area contributed by atoms with Crippen LogP contribution in [0.2, 0.25) is 5.02 Å². The van der Waals surface area contributed by atoms with Crippen LogP contribution in [0.15, 0.2) is 59.7 Å². The molecule has 222 valence electrons. The third-order valence-electron chi connectivity index (χ3n) is 7.30. The molecule has 0 aliphatic carbocycles. The van der Waals surface area contributed by atoms with Gasteiger partial charge in [0.05, 0.1) is 40.2 Å². The molecular weight excluding hydrogens is 571 g/mol. The van der Waals surface area contributed by atoms with E-state index in [-0.39, 0.29) is 28.2 Å². The summed E-state index contributed by atoms with van der Waals surface area (Å²) in [5.74, 6) is -1.48. The Morgan fingerprint density at radius 3 is 2.81 bits per heavy atom. The van der Waals surface area contributed by atoms with Gasteiger partial charge in [0.1, 0.15) is 5.69 Å². The van der Waals surface area contributed by atoms with Crippen molar-refractivity contribution >= 4 is 41.1 Å². The number of fused-ring (bicyclic) bond motifs is 4. The number of rotatable bonds is 5. The Kier molecular flexibility index (Phi) is 8.81. The summed E-state index contributed by atoms with van der Waals surface area (Å²) in [6.45, 7) is 3.53. The number of benzene rings is 2. The van der Waals surface area contributed by atoms with E-state index in [1.807, 2.05) is 56.3 Å². The van der Waals surface area contributed by atoms with E-state index >= 15 is 0 Å². The molecule has 0 radical (unpaired) electrons. The van der Waals surface area contributed by atoms with E-state index in [4.69, 9.17) is 11.6 Å². The van der Waals surface area contributed by atoms with Crippen LogP contribution < -0.4 is 10.6 Å². The highest BCUT2D eigenvalue weighted by atomic mass is 35.5. The second-order valence-electron chi connectivity index (χ2n) is 10.8. The first kappa shape index (κ1) is 29.8. The van der Waals surface area contributed by atoms with Gasteiger partial charge < -0.3 is 15.5 Å².